The molecule has 3 heterocycles. The van der Waals surface area contributed by atoms with Gasteiger partial charge in [-0.3, -0.25) is 9.67 Å². The summed E-state index contributed by atoms with van der Waals surface area (Å²) in [4.78, 5) is 9.32. The van der Waals surface area contributed by atoms with E-state index in [2.05, 4.69) is 33.6 Å². The first kappa shape index (κ1) is 13.4. The first-order valence-corrected chi connectivity index (χ1v) is 7.76. The number of hydrogen-bond acceptors (Lipinski definition) is 4. The van der Waals surface area contributed by atoms with Gasteiger partial charge in [-0.15, -0.1) is 0 Å². The van der Waals surface area contributed by atoms with Gasteiger partial charge in [0.1, 0.15) is 0 Å². The van der Waals surface area contributed by atoms with E-state index in [-0.39, 0.29) is 0 Å². The van der Waals surface area contributed by atoms with Gasteiger partial charge < -0.3 is 5.32 Å². The zero-order valence-corrected chi connectivity index (χ0v) is 12.7. The molecule has 0 aliphatic carbocycles. The number of fused-ring (bicyclic) bond motifs is 1. The van der Waals surface area contributed by atoms with Crippen LogP contribution in [0.1, 0.15) is 24.3 Å². The van der Waals surface area contributed by atoms with Crippen LogP contribution in [0, 0.1) is 0 Å². The zero-order chi connectivity index (χ0) is 14.9. The van der Waals surface area contributed by atoms with Gasteiger partial charge in [0.25, 0.3) is 0 Å². The van der Waals surface area contributed by atoms with E-state index in [0.717, 1.165) is 35.4 Å². The Morgan fingerprint density at radius 2 is 2.00 bits per heavy atom. The lowest BCUT2D eigenvalue weighted by molar-refractivity contribution is 0.460. The van der Waals surface area contributed by atoms with Gasteiger partial charge in [0.2, 0.25) is 0 Å². The number of rotatable bonds is 2. The SMILES string of the molecule is Cn1cc(-c2cnc3ccc(C4CCNCC4)cc3n2)cn1. The predicted octanol–water partition coefficient (Wildman–Crippen LogP) is 2.50. The molecule has 2 aromatic heterocycles. The van der Waals surface area contributed by atoms with Crippen LogP contribution in [0.15, 0.2) is 36.8 Å². The number of nitrogens with zero attached hydrogens (tertiary/aromatic N) is 4. The Hall–Kier alpha value is -2.27. The summed E-state index contributed by atoms with van der Waals surface area (Å²) in [5.41, 5.74) is 5.18. The van der Waals surface area contributed by atoms with E-state index in [9.17, 15) is 0 Å². The molecule has 1 N–H and O–H groups in total. The maximum Gasteiger partial charge on any atom is 0.0924 e. The molecule has 0 bridgehead atoms. The average Bonchev–Trinajstić information content (AvgIpc) is 3.01. The first-order chi connectivity index (χ1) is 10.8. The Balaban J connectivity index is 1.73. The highest BCUT2D eigenvalue weighted by molar-refractivity contribution is 5.77. The van der Waals surface area contributed by atoms with Gasteiger partial charge in [0.15, 0.2) is 0 Å². The molecule has 5 heteroatoms. The molecule has 1 saturated heterocycles. The summed E-state index contributed by atoms with van der Waals surface area (Å²) in [6, 6.07) is 6.50. The standard InChI is InChI=1S/C17H19N5/c1-22-11-14(9-20-22)17-10-19-15-3-2-13(8-16(15)21-17)12-4-6-18-7-5-12/h2-3,8-12,18H,4-7H2,1H3. The minimum Gasteiger partial charge on any atom is -0.317 e. The maximum atomic E-state index is 4.78. The molecule has 0 amide bonds. The molecule has 112 valence electrons. The molecule has 5 nitrogen and oxygen atoms in total. The lowest BCUT2D eigenvalue weighted by Crippen LogP contribution is -2.26. The maximum absolute atomic E-state index is 4.78. The minimum atomic E-state index is 0.634. The minimum absolute atomic E-state index is 0.634. The number of benzene rings is 1. The largest absolute Gasteiger partial charge is 0.317 e. The van der Waals surface area contributed by atoms with Crippen molar-refractivity contribution < 1.29 is 0 Å². The monoisotopic (exact) mass is 293 g/mol. The Bertz CT molecular complexity index is 802. The molecule has 4 rings (SSSR count). The third kappa shape index (κ3) is 2.48. The van der Waals surface area contributed by atoms with E-state index in [1.165, 1.54) is 18.4 Å². The fourth-order valence-corrected chi connectivity index (χ4v) is 3.13. The quantitative estimate of drug-likeness (QED) is 0.788. The molecule has 1 aliphatic heterocycles. The second kappa shape index (κ2) is 5.50. The molecule has 0 radical (unpaired) electrons. The fourth-order valence-electron chi connectivity index (χ4n) is 3.13. The molecular formula is C17H19N5. The molecule has 0 unspecified atom stereocenters. The van der Waals surface area contributed by atoms with Crippen molar-refractivity contribution >= 4 is 11.0 Å². The van der Waals surface area contributed by atoms with Gasteiger partial charge in [0, 0.05) is 18.8 Å². The Labute approximate surface area is 129 Å². The lowest BCUT2D eigenvalue weighted by Gasteiger charge is -2.23. The lowest BCUT2D eigenvalue weighted by atomic mass is 9.90. The van der Waals surface area contributed by atoms with E-state index in [1.807, 2.05) is 25.6 Å². The number of piperidine rings is 1. The molecule has 1 aromatic carbocycles. The van der Waals surface area contributed by atoms with E-state index in [1.54, 1.807) is 4.68 Å². The van der Waals surface area contributed by atoms with E-state index >= 15 is 0 Å². The van der Waals surface area contributed by atoms with Crippen LogP contribution >= 0.6 is 0 Å². The molecule has 0 spiro atoms. The van der Waals surface area contributed by atoms with Gasteiger partial charge in [-0.25, -0.2) is 4.98 Å². The number of aromatic nitrogens is 4. The molecule has 1 aliphatic rings. The molecule has 0 atom stereocenters. The van der Waals surface area contributed by atoms with Gasteiger partial charge >= 0.3 is 0 Å². The zero-order valence-electron chi connectivity index (χ0n) is 12.7. The van der Waals surface area contributed by atoms with E-state index in [0.29, 0.717) is 5.92 Å². The van der Waals surface area contributed by atoms with Crippen molar-refractivity contribution in [3.63, 3.8) is 0 Å². The van der Waals surface area contributed by atoms with Gasteiger partial charge in [0.05, 0.1) is 29.1 Å². The molecule has 3 aromatic rings. The first-order valence-electron chi connectivity index (χ1n) is 7.76. The summed E-state index contributed by atoms with van der Waals surface area (Å²) >= 11 is 0. The summed E-state index contributed by atoms with van der Waals surface area (Å²) in [6.07, 6.45) is 8.00. The molecule has 22 heavy (non-hydrogen) atoms. The highest BCUT2D eigenvalue weighted by atomic mass is 15.2. The van der Waals surface area contributed by atoms with Crippen molar-refractivity contribution in [3.05, 3.63) is 42.4 Å². The van der Waals surface area contributed by atoms with Crippen LogP contribution in [-0.2, 0) is 7.05 Å². The molecule has 0 saturated carbocycles. The van der Waals surface area contributed by atoms with Gasteiger partial charge in [-0.05, 0) is 49.5 Å². The molecular weight excluding hydrogens is 274 g/mol. The Kier molecular flexibility index (Phi) is 3.35. The summed E-state index contributed by atoms with van der Waals surface area (Å²) in [6.45, 7) is 2.20. The summed E-state index contributed by atoms with van der Waals surface area (Å²) in [7, 11) is 1.91. The predicted molar refractivity (Wildman–Crippen MR) is 86.6 cm³/mol. The topological polar surface area (TPSA) is 55.6 Å². The van der Waals surface area contributed by atoms with Crippen molar-refractivity contribution in [3.8, 4) is 11.3 Å². The fraction of sp³-hybridized carbons (Fsp3) is 0.353. The Morgan fingerprint density at radius 3 is 2.77 bits per heavy atom. The second-order valence-corrected chi connectivity index (χ2v) is 5.93. The summed E-state index contributed by atoms with van der Waals surface area (Å²) in [5, 5.41) is 7.62. The van der Waals surface area contributed by atoms with Crippen LogP contribution in [0.5, 0.6) is 0 Å². The normalized spacial score (nSPS) is 16.2. The van der Waals surface area contributed by atoms with Gasteiger partial charge in [-0.1, -0.05) is 6.07 Å². The molecule has 1 fully saturated rings. The summed E-state index contributed by atoms with van der Waals surface area (Å²) < 4.78 is 1.78. The number of hydrogen-bond donors (Lipinski definition) is 1. The highest BCUT2D eigenvalue weighted by Crippen LogP contribution is 2.27. The number of aryl methyl sites for hydroxylation is 1. The van der Waals surface area contributed by atoms with Gasteiger partial charge in [-0.2, -0.15) is 5.10 Å². The van der Waals surface area contributed by atoms with Crippen molar-refractivity contribution in [1.29, 1.82) is 0 Å². The van der Waals surface area contributed by atoms with Crippen LogP contribution in [0.2, 0.25) is 0 Å². The number of nitrogens with one attached hydrogen (secondary N) is 1. The smallest absolute Gasteiger partial charge is 0.0924 e. The Morgan fingerprint density at radius 1 is 1.14 bits per heavy atom. The average molecular weight is 293 g/mol. The van der Waals surface area contributed by atoms with Crippen LogP contribution in [0.25, 0.3) is 22.3 Å². The van der Waals surface area contributed by atoms with Crippen molar-refractivity contribution in [1.82, 2.24) is 25.1 Å². The van der Waals surface area contributed by atoms with Crippen LogP contribution in [-0.4, -0.2) is 32.8 Å². The summed E-state index contributed by atoms with van der Waals surface area (Å²) in [5.74, 6) is 0.634. The second-order valence-electron chi connectivity index (χ2n) is 5.93. The van der Waals surface area contributed by atoms with E-state index in [4.69, 9.17) is 4.98 Å². The van der Waals surface area contributed by atoms with Crippen molar-refractivity contribution in [2.75, 3.05) is 13.1 Å². The van der Waals surface area contributed by atoms with Crippen molar-refractivity contribution in [2.45, 2.75) is 18.8 Å². The van der Waals surface area contributed by atoms with E-state index < -0.39 is 0 Å². The van der Waals surface area contributed by atoms with Crippen LogP contribution in [0.3, 0.4) is 0 Å². The van der Waals surface area contributed by atoms with Crippen LogP contribution in [0.4, 0.5) is 0 Å². The van der Waals surface area contributed by atoms with Crippen LogP contribution < -0.4 is 5.32 Å². The highest BCUT2D eigenvalue weighted by Gasteiger charge is 2.16. The van der Waals surface area contributed by atoms with Crippen molar-refractivity contribution in [2.24, 2.45) is 7.05 Å². The third-order valence-corrected chi connectivity index (χ3v) is 4.38. The third-order valence-electron chi connectivity index (χ3n) is 4.38.